The van der Waals surface area contributed by atoms with Gasteiger partial charge in [0.25, 0.3) is 0 Å². The second kappa shape index (κ2) is 11.4. The maximum Gasteiger partial charge on any atom is 0.238 e. The molecule has 8 nitrogen and oxygen atoms in total. The van der Waals surface area contributed by atoms with Crippen molar-refractivity contribution >= 4 is 32.7 Å². The first-order chi connectivity index (χ1) is 18.8. The number of fused-ring (bicyclic) bond motifs is 1. The average Bonchev–Trinajstić information content (AvgIpc) is 3.60. The van der Waals surface area contributed by atoms with Crippen molar-refractivity contribution in [2.45, 2.75) is 37.1 Å². The molecule has 39 heavy (non-hydrogen) atoms. The molecule has 9 heteroatoms. The molecular formula is C30H32N4O4S. The number of hydrogen-bond acceptors (Lipinski definition) is 4. The maximum atomic E-state index is 13.0. The third-order valence-electron chi connectivity index (χ3n) is 7.48. The summed E-state index contributed by atoms with van der Waals surface area (Å²) in [5.74, 6) is -0.859. The van der Waals surface area contributed by atoms with E-state index in [1.807, 2.05) is 48.7 Å². The predicted molar refractivity (Wildman–Crippen MR) is 151 cm³/mol. The Bertz CT molecular complexity index is 1590. The van der Waals surface area contributed by atoms with Gasteiger partial charge in [-0.05, 0) is 48.1 Å². The topological polar surface area (TPSA) is 134 Å². The number of para-hydroxylation sites is 1. The van der Waals surface area contributed by atoms with Gasteiger partial charge in [0.05, 0.1) is 4.90 Å². The molecule has 5 N–H and O–H groups in total. The van der Waals surface area contributed by atoms with Crippen molar-refractivity contribution in [1.82, 2.24) is 15.6 Å². The summed E-state index contributed by atoms with van der Waals surface area (Å²) in [5.41, 5.74) is 4.35. The van der Waals surface area contributed by atoms with Crippen LogP contribution >= 0.6 is 0 Å². The summed E-state index contributed by atoms with van der Waals surface area (Å²) >= 11 is 0. The van der Waals surface area contributed by atoms with Gasteiger partial charge in [0.1, 0.15) is 0 Å². The average molecular weight is 545 g/mol. The number of primary sulfonamides is 1. The molecule has 1 aromatic heterocycles. The van der Waals surface area contributed by atoms with Crippen molar-refractivity contribution in [3.05, 3.63) is 90.1 Å². The van der Waals surface area contributed by atoms with Crippen molar-refractivity contribution in [3.8, 4) is 11.1 Å². The van der Waals surface area contributed by atoms with Crippen LogP contribution in [0.25, 0.3) is 22.0 Å². The lowest BCUT2D eigenvalue weighted by molar-refractivity contribution is -0.133. The third kappa shape index (κ3) is 6.05. The Morgan fingerprint density at radius 2 is 1.54 bits per heavy atom. The lowest BCUT2D eigenvalue weighted by Crippen LogP contribution is -2.40. The Morgan fingerprint density at radius 1 is 0.872 bits per heavy atom. The lowest BCUT2D eigenvalue weighted by atomic mass is 9.94. The summed E-state index contributed by atoms with van der Waals surface area (Å²) in [7, 11) is -3.85. The summed E-state index contributed by atoms with van der Waals surface area (Å²) in [6.07, 6.45) is 4.94. The fourth-order valence-corrected chi connectivity index (χ4v) is 6.21. The molecule has 2 amide bonds. The van der Waals surface area contributed by atoms with Gasteiger partial charge in [-0.15, -0.1) is 0 Å². The molecule has 1 aliphatic carbocycles. The van der Waals surface area contributed by atoms with Crippen LogP contribution in [0.15, 0.2) is 83.9 Å². The quantitative estimate of drug-likeness (QED) is 0.254. The van der Waals surface area contributed by atoms with Crippen LogP contribution in [0.2, 0.25) is 0 Å². The Hall–Kier alpha value is -3.95. The number of rotatable bonds is 9. The van der Waals surface area contributed by atoms with Crippen LogP contribution in [0.5, 0.6) is 0 Å². The van der Waals surface area contributed by atoms with Gasteiger partial charge in [-0.3, -0.25) is 9.59 Å². The number of carbonyl (C=O) groups excluding carboxylic acids is 2. The van der Waals surface area contributed by atoms with Gasteiger partial charge in [0.2, 0.25) is 21.8 Å². The van der Waals surface area contributed by atoms with E-state index < -0.39 is 10.0 Å². The number of nitrogens with two attached hydrogens (primary N) is 1. The number of carbonyl (C=O) groups is 2. The summed E-state index contributed by atoms with van der Waals surface area (Å²) in [5, 5.41) is 12.5. The number of nitrogens with one attached hydrogen (secondary N) is 3. The van der Waals surface area contributed by atoms with Crippen LogP contribution in [0.1, 0.15) is 30.4 Å². The molecular weight excluding hydrogens is 512 g/mol. The van der Waals surface area contributed by atoms with Crippen molar-refractivity contribution in [3.63, 3.8) is 0 Å². The monoisotopic (exact) mass is 544 g/mol. The number of H-pyrrole nitrogens is 1. The van der Waals surface area contributed by atoms with E-state index in [4.69, 9.17) is 5.14 Å². The van der Waals surface area contributed by atoms with E-state index in [0.29, 0.717) is 31.5 Å². The van der Waals surface area contributed by atoms with Crippen LogP contribution in [0.3, 0.4) is 0 Å². The van der Waals surface area contributed by atoms with Crippen LogP contribution in [-0.2, 0) is 32.6 Å². The molecule has 1 aliphatic rings. The Labute approximate surface area is 228 Å². The molecule has 1 heterocycles. The van der Waals surface area contributed by atoms with Crippen molar-refractivity contribution in [2.75, 3.05) is 6.54 Å². The standard InChI is InChI=1S/C30H32N4O4S/c31-39(37,38)28-11-4-2-7-24(28)21-14-12-20(13-15-21)18-34-30(36)26-9-5-8-25(26)29(35)32-17-16-22-19-33-27-10-3-1-6-23(22)27/h1-4,6-7,10-15,19,25-26,33H,5,8-9,16-18H2,(H,32,35)(H,34,36)(H2,31,37,38)/t25-,26-/m1/s1. The molecule has 0 aliphatic heterocycles. The van der Waals surface area contributed by atoms with E-state index in [1.54, 1.807) is 18.2 Å². The number of amides is 2. The van der Waals surface area contributed by atoms with Gasteiger partial charge < -0.3 is 15.6 Å². The molecule has 0 unspecified atom stereocenters. The first-order valence-electron chi connectivity index (χ1n) is 13.1. The van der Waals surface area contributed by atoms with Gasteiger partial charge in [-0.1, -0.05) is 67.1 Å². The number of sulfonamides is 1. The molecule has 0 saturated heterocycles. The fourth-order valence-electron chi connectivity index (χ4n) is 5.45. The first kappa shape index (κ1) is 26.6. The zero-order valence-corrected chi connectivity index (χ0v) is 22.3. The Balaban J connectivity index is 1.15. The molecule has 1 fully saturated rings. The first-order valence-corrected chi connectivity index (χ1v) is 14.7. The molecule has 5 rings (SSSR count). The van der Waals surface area contributed by atoms with Crippen molar-refractivity contribution < 1.29 is 18.0 Å². The molecule has 0 spiro atoms. The Kier molecular flexibility index (Phi) is 7.81. The highest BCUT2D eigenvalue weighted by Crippen LogP contribution is 2.32. The molecule has 2 atom stereocenters. The predicted octanol–water partition coefficient (Wildman–Crippen LogP) is 3.87. The van der Waals surface area contributed by atoms with E-state index in [9.17, 15) is 18.0 Å². The van der Waals surface area contributed by atoms with E-state index in [1.165, 1.54) is 6.07 Å². The summed E-state index contributed by atoms with van der Waals surface area (Å²) < 4.78 is 23.9. The zero-order chi connectivity index (χ0) is 27.4. The molecule has 4 aromatic rings. The summed E-state index contributed by atoms with van der Waals surface area (Å²) in [6, 6.07) is 22.0. The van der Waals surface area contributed by atoms with Crippen LogP contribution in [0, 0.1) is 11.8 Å². The number of hydrogen-bond donors (Lipinski definition) is 4. The highest BCUT2D eigenvalue weighted by Gasteiger charge is 2.37. The van der Waals surface area contributed by atoms with Gasteiger partial charge in [-0.2, -0.15) is 0 Å². The second-order valence-electron chi connectivity index (χ2n) is 10.0. The highest BCUT2D eigenvalue weighted by molar-refractivity contribution is 7.89. The van der Waals surface area contributed by atoms with Gasteiger partial charge in [0.15, 0.2) is 0 Å². The Morgan fingerprint density at radius 3 is 2.28 bits per heavy atom. The number of aromatic amines is 1. The van der Waals surface area contributed by atoms with Crippen LogP contribution in [0.4, 0.5) is 0 Å². The van der Waals surface area contributed by atoms with E-state index in [0.717, 1.165) is 40.4 Å². The van der Waals surface area contributed by atoms with E-state index in [2.05, 4.69) is 21.7 Å². The summed E-state index contributed by atoms with van der Waals surface area (Å²) in [6.45, 7) is 0.841. The molecule has 0 bridgehead atoms. The minimum atomic E-state index is -3.85. The minimum absolute atomic E-state index is 0.0645. The number of benzene rings is 3. The molecule has 0 radical (unpaired) electrons. The lowest BCUT2D eigenvalue weighted by Gasteiger charge is -2.19. The largest absolute Gasteiger partial charge is 0.361 e. The second-order valence-corrected chi connectivity index (χ2v) is 11.5. The van der Waals surface area contributed by atoms with Gasteiger partial charge >= 0.3 is 0 Å². The number of aromatic nitrogens is 1. The summed E-state index contributed by atoms with van der Waals surface area (Å²) in [4.78, 5) is 29.3. The normalized spacial score (nSPS) is 17.3. The SMILES string of the molecule is NS(=O)(=O)c1ccccc1-c1ccc(CNC(=O)[C@@H]2CCC[C@H]2C(=O)NCCc2c[nH]c3ccccc23)cc1. The van der Waals surface area contributed by atoms with Crippen LogP contribution < -0.4 is 15.8 Å². The molecule has 202 valence electrons. The smallest absolute Gasteiger partial charge is 0.238 e. The van der Waals surface area contributed by atoms with Crippen LogP contribution in [-0.4, -0.2) is 31.8 Å². The van der Waals surface area contributed by atoms with Gasteiger partial charge in [-0.25, -0.2) is 13.6 Å². The maximum absolute atomic E-state index is 13.0. The minimum Gasteiger partial charge on any atom is -0.361 e. The van der Waals surface area contributed by atoms with E-state index in [-0.39, 0.29) is 28.5 Å². The van der Waals surface area contributed by atoms with Gasteiger partial charge in [0, 0.05) is 47.6 Å². The molecule has 3 aromatic carbocycles. The van der Waals surface area contributed by atoms with Crippen molar-refractivity contribution in [2.24, 2.45) is 17.0 Å². The zero-order valence-electron chi connectivity index (χ0n) is 21.5. The highest BCUT2D eigenvalue weighted by atomic mass is 32.2. The fraction of sp³-hybridized carbons (Fsp3) is 0.267. The third-order valence-corrected chi connectivity index (χ3v) is 8.45. The van der Waals surface area contributed by atoms with E-state index >= 15 is 0 Å². The molecule has 1 saturated carbocycles. The van der Waals surface area contributed by atoms with Crippen molar-refractivity contribution in [1.29, 1.82) is 0 Å².